The van der Waals surface area contributed by atoms with Gasteiger partial charge in [0.1, 0.15) is 5.82 Å². The summed E-state index contributed by atoms with van der Waals surface area (Å²) in [6.07, 6.45) is 6.78. The summed E-state index contributed by atoms with van der Waals surface area (Å²) >= 11 is 0. The lowest BCUT2D eigenvalue weighted by molar-refractivity contribution is 0.233. The number of anilines is 1. The Morgan fingerprint density at radius 3 is 2.78 bits per heavy atom. The Labute approximate surface area is 110 Å². The van der Waals surface area contributed by atoms with Crippen molar-refractivity contribution in [3.63, 3.8) is 0 Å². The zero-order valence-electron chi connectivity index (χ0n) is 11.5. The molecule has 0 radical (unpaired) electrons. The van der Waals surface area contributed by atoms with Crippen LogP contribution in [0.1, 0.15) is 46.0 Å². The van der Waals surface area contributed by atoms with E-state index in [0.717, 1.165) is 12.4 Å². The zero-order valence-corrected chi connectivity index (χ0v) is 11.5. The first-order valence-electron chi connectivity index (χ1n) is 7.06. The Hall–Kier alpha value is -1.25. The van der Waals surface area contributed by atoms with E-state index < -0.39 is 0 Å². The molecule has 0 aromatic carbocycles. The highest BCUT2D eigenvalue weighted by atomic mass is 16.5. The molecule has 18 heavy (non-hydrogen) atoms. The van der Waals surface area contributed by atoms with Crippen molar-refractivity contribution < 1.29 is 4.74 Å². The molecule has 100 valence electrons. The van der Waals surface area contributed by atoms with E-state index in [-0.39, 0.29) is 0 Å². The quantitative estimate of drug-likeness (QED) is 0.859. The van der Waals surface area contributed by atoms with Gasteiger partial charge in [-0.15, -0.1) is 0 Å². The minimum absolute atomic E-state index is 0.432. The number of hydrogen-bond acceptors (Lipinski definition) is 3. The van der Waals surface area contributed by atoms with Crippen molar-refractivity contribution in [2.75, 3.05) is 18.5 Å². The molecule has 2 rings (SSSR count). The molecule has 1 N–H and O–H groups in total. The molecule has 0 aliphatic heterocycles. The molecule has 1 heterocycles. The average molecular weight is 248 g/mol. The Bertz CT molecular complexity index is 373. The van der Waals surface area contributed by atoms with Gasteiger partial charge in [-0.3, -0.25) is 0 Å². The molecular weight excluding hydrogens is 224 g/mol. The molecule has 3 nitrogen and oxygen atoms in total. The first kappa shape index (κ1) is 13.2. The SMILES string of the molecule is CCOc1cccc(NCC2(C)CCCCC2)n1. The van der Waals surface area contributed by atoms with Crippen molar-refractivity contribution in [1.29, 1.82) is 0 Å². The third-order valence-electron chi connectivity index (χ3n) is 3.77. The number of rotatable bonds is 5. The standard InChI is InChI=1S/C15H24N2O/c1-3-18-14-9-7-8-13(17-14)16-12-15(2)10-5-4-6-11-15/h7-9H,3-6,10-12H2,1-2H3,(H,16,17). The first-order valence-corrected chi connectivity index (χ1v) is 7.06. The van der Waals surface area contributed by atoms with Gasteiger partial charge in [0.2, 0.25) is 5.88 Å². The molecule has 1 aliphatic carbocycles. The van der Waals surface area contributed by atoms with Crippen LogP contribution < -0.4 is 10.1 Å². The maximum absolute atomic E-state index is 5.41. The van der Waals surface area contributed by atoms with E-state index in [9.17, 15) is 0 Å². The van der Waals surface area contributed by atoms with Crippen LogP contribution in [0.5, 0.6) is 5.88 Å². The van der Waals surface area contributed by atoms with Gasteiger partial charge >= 0.3 is 0 Å². The van der Waals surface area contributed by atoms with Gasteiger partial charge in [0.15, 0.2) is 0 Å². The second kappa shape index (κ2) is 6.07. The Balaban J connectivity index is 1.90. The van der Waals surface area contributed by atoms with Crippen LogP contribution in [0.4, 0.5) is 5.82 Å². The fraction of sp³-hybridized carbons (Fsp3) is 0.667. The number of hydrogen-bond donors (Lipinski definition) is 1. The van der Waals surface area contributed by atoms with Crippen molar-refractivity contribution in [2.45, 2.75) is 46.0 Å². The summed E-state index contributed by atoms with van der Waals surface area (Å²) in [6.45, 7) is 6.03. The lowest BCUT2D eigenvalue weighted by Crippen LogP contribution is -2.29. The van der Waals surface area contributed by atoms with Gasteiger partial charge in [-0.1, -0.05) is 32.3 Å². The minimum Gasteiger partial charge on any atom is -0.478 e. The Morgan fingerprint density at radius 2 is 2.06 bits per heavy atom. The van der Waals surface area contributed by atoms with E-state index >= 15 is 0 Å². The van der Waals surface area contributed by atoms with Crippen molar-refractivity contribution in [3.05, 3.63) is 18.2 Å². The molecule has 0 atom stereocenters. The number of nitrogens with one attached hydrogen (secondary N) is 1. The predicted octanol–water partition coefficient (Wildman–Crippen LogP) is 3.86. The molecule has 0 unspecified atom stereocenters. The summed E-state index contributed by atoms with van der Waals surface area (Å²) in [7, 11) is 0. The third kappa shape index (κ3) is 3.62. The summed E-state index contributed by atoms with van der Waals surface area (Å²) in [5.74, 6) is 1.63. The molecular formula is C15H24N2O. The fourth-order valence-electron chi connectivity index (χ4n) is 2.63. The van der Waals surface area contributed by atoms with Gasteiger partial charge in [0.25, 0.3) is 0 Å². The zero-order chi connectivity index (χ0) is 12.8. The molecule has 0 amide bonds. The molecule has 0 bridgehead atoms. The third-order valence-corrected chi connectivity index (χ3v) is 3.77. The van der Waals surface area contributed by atoms with Crippen LogP contribution in [0, 0.1) is 5.41 Å². The molecule has 3 heteroatoms. The lowest BCUT2D eigenvalue weighted by atomic mass is 9.76. The summed E-state index contributed by atoms with van der Waals surface area (Å²) in [4.78, 5) is 4.44. The van der Waals surface area contributed by atoms with Gasteiger partial charge in [-0.05, 0) is 31.2 Å². The number of ether oxygens (including phenoxy) is 1. The van der Waals surface area contributed by atoms with Gasteiger partial charge in [0.05, 0.1) is 6.61 Å². The minimum atomic E-state index is 0.432. The normalized spacial score (nSPS) is 18.3. The van der Waals surface area contributed by atoms with E-state index in [4.69, 9.17) is 4.74 Å². The molecule has 1 fully saturated rings. The highest BCUT2D eigenvalue weighted by Gasteiger charge is 2.26. The predicted molar refractivity (Wildman–Crippen MR) is 75.1 cm³/mol. The van der Waals surface area contributed by atoms with Crippen LogP contribution in [0.2, 0.25) is 0 Å². The van der Waals surface area contributed by atoms with Crippen LogP contribution in [0.25, 0.3) is 0 Å². The Morgan fingerprint density at radius 1 is 1.28 bits per heavy atom. The maximum atomic E-state index is 5.41. The summed E-state index contributed by atoms with van der Waals surface area (Å²) in [6, 6.07) is 5.90. The second-order valence-corrected chi connectivity index (χ2v) is 5.52. The first-order chi connectivity index (χ1) is 8.72. The average Bonchev–Trinajstić information content (AvgIpc) is 2.38. The molecule has 1 saturated carbocycles. The monoisotopic (exact) mass is 248 g/mol. The van der Waals surface area contributed by atoms with Crippen LogP contribution in [-0.2, 0) is 0 Å². The van der Waals surface area contributed by atoms with E-state index in [1.807, 2.05) is 25.1 Å². The van der Waals surface area contributed by atoms with Crippen molar-refractivity contribution in [2.24, 2.45) is 5.41 Å². The van der Waals surface area contributed by atoms with Crippen LogP contribution in [0.15, 0.2) is 18.2 Å². The largest absolute Gasteiger partial charge is 0.478 e. The topological polar surface area (TPSA) is 34.1 Å². The molecule has 0 spiro atoms. The second-order valence-electron chi connectivity index (χ2n) is 5.52. The van der Waals surface area contributed by atoms with E-state index in [0.29, 0.717) is 17.9 Å². The van der Waals surface area contributed by atoms with Gasteiger partial charge in [-0.25, -0.2) is 0 Å². The van der Waals surface area contributed by atoms with Gasteiger partial charge in [-0.2, -0.15) is 4.98 Å². The smallest absolute Gasteiger partial charge is 0.215 e. The van der Waals surface area contributed by atoms with E-state index in [2.05, 4.69) is 17.2 Å². The summed E-state index contributed by atoms with van der Waals surface area (Å²) in [5, 5.41) is 3.46. The lowest BCUT2D eigenvalue weighted by Gasteiger charge is -2.33. The van der Waals surface area contributed by atoms with Gasteiger partial charge in [0, 0.05) is 12.6 Å². The maximum Gasteiger partial charge on any atom is 0.215 e. The van der Waals surface area contributed by atoms with Crippen molar-refractivity contribution in [1.82, 2.24) is 4.98 Å². The van der Waals surface area contributed by atoms with Crippen LogP contribution >= 0.6 is 0 Å². The Kier molecular flexibility index (Phi) is 4.45. The number of aromatic nitrogens is 1. The van der Waals surface area contributed by atoms with Crippen LogP contribution in [-0.4, -0.2) is 18.1 Å². The molecule has 0 saturated heterocycles. The highest BCUT2D eigenvalue weighted by Crippen LogP contribution is 2.35. The number of pyridine rings is 1. The fourth-order valence-corrected chi connectivity index (χ4v) is 2.63. The van der Waals surface area contributed by atoms with E-state index in [1.165, 1.54) is 32.1 Å². The number of nitrogens with zero attached hydrogens (tertiary/aromatic N) is 1. The van der Waals surface area contributed by atoms with E-state index in [1.54, 1.807) is 0 Å². The van der Waals surface area contributed by atoms with Gasteiger partial charge < -0.3 is 10.1 Å². The molecule has 1 aromatic heterocycles. The molecule has 1 aromatic rings. The van der Waals surface area contributed by atoms with Crippen molar-refractivity contribution in [3.8, 4) is 5.88 Å². The van der Waals surface area contributed by atoms with Crippen molar-refractivity contribution >= 4 is 5.82 Å². The highest BCUT2D eigenvalue weighted by molar-refractivity contribution is 5.37. The summed E-state index contributed by atoms with van der Waals surface area (Å²) < 4.78 is 5.41. The van der Waals surface area contributed by atoms with Crippen LogP contribution in [0.3, 0.4) is 0 Å². The molecule has 1 aliphatic rings. The summed E-state index contributed by atoms with van der Waals surface area (Å²) in [5.41, 5.74) is 0.432.